The first-order valence-corrected chi connectivity index (χ1v) is 14.1. The summed E-state index contributed by atoms with van der Waals surface area (Å²) in [6.07, 6.45) is 3.34. The molecule has 10 nitrogen and oxygen atoms in total. The van der Waals surface area contributed by atoms with Gasteiger partial charge in [-0.3, -0.25) is 14.4 Å². The maximum atomic E-state index is 12.4. The highest BCUT2D eigenvalue weighted by atomic mass is 127. The highest BCUT2D eigenvalue weighted by Gasteiger charge is 2.15. The molecule has 0 saturated heterocycles. The first kappa shape index (κ1) is 31.7. The number of rotatable bonds is 12. The van der Waals surface area contributed by atoms with Crippen LogP contribution in [0.25, 0.3) is 0 Å². The van der Waals surface area contributed by atoms with E-state index in [0.29, 0.717) is 49.4 Å². The Bertz CT molecular complexity index is 1420. The molecule has 0 aliphatic rings. The number of ether oxygens (including phenoxy) is 3. The van der Waals surface area contributed by atoms with Gasteiger partial charge < -0.3 is 24.8 Å². The van der Waals surface area contributed by atoms with E-state index in [1.807, 2.05) is 29.5 Å². The number of carbonyl (C=O) groups excluding carboxylic acids is 3. The number of carbonyl (C=O) groups is 3. The first-order chi connectivity index (χ1) is 19.7. The van der Waals surface area contributed by atoms with E-state index in [2.05, 4.69) is 28.1 Å². The van der Waals surface area contributed by atoms with E-state index in [-0.39, 0.29) is 12.5 Å². The van der Waals surface area contributed by atoms with Gasteiger partial charge in [0.2, 0.25) is 0 Å². The maximum Gasteiger partial charge on any atom is 0.329 e. The topological polar surface area (TPSA) is 127 Å². The van der Waals surface area contributed by atoms with Gasteiger partial charge >= 0.3 is 11.8 Å². The van der Waals surface area contributed by atoms with E-state index >= 15 is 0 Å². The van der Waals surface area contributed by atoms with Crippen molar-refractivity contribution in [2.45, 2.75) is 26.7 Å². The van der Waals surface area contributed by atoms with Crippen molar-refractivity contribution in [2.75, 3.05) is 31.0 Å². The fourth-order valence-corrected chi connectivity index (χ4v) is 4.35. The third-order valence-electron chi connectivity index (χ3n) is 5.61. The molecule has 0 radical (unpaired) electrons. The van der Waals surface area contributed by atoms with E-state index in [1.165, 1.54) is 13.3 Å². The second kappa shape index (κ2) is 15.8. The molecule has 3 N–H and O–H groups in total. The minimum Gasteiger partial charge on any atom is -0.494 e. The highest BCUT2D eigenvalue weighted by molar-refractivity contribution is 14.1. The SMILES string of the molecule is CCCCOc1ccc(NC(=O)C(=O)N/N=C\c2cc(I)c(OCC(=O)Nc3cccc(Cl)c3C)c(OC)c2)cc1. The minimum atomic E-state index is -0.938. The molecule has 0 atom stereocenters. The van der Waals surface area contributed by atoms with E-state index in [0.717, 1.165) is 18.4 Å². The summed E-state index contributed by atoms with van der Waals surface area (Å²) >= 11 is 8.15. The second-order valence-electron chi connectivity index (χ2n) is 8.66. The van der Waals surface area contributed by atoms with Gasteiger partial charge in [0.1, 0.15) is 5.75 Å². The maximum absolute atomic E-state index is 12.4. The van der Waals surface area contributed by atoms with Gasteiger partial charge in [0.05, 0.1) is 23.5 Å². The average Bonchev–Trinajstić information content (AvgIpc) is 2.95. The van der Waals surface area contributed by atoms with E-state index < -0.39 is 11.8 Å². The predicted octanol–water partition coefficient (Wildman–Crippen LogP) is 5.55. The second-order valence-corrected chi connectivity index (χ2v) is 10.2. The summed E-state index contributed by atoms with van der Waals surface area (Å²) in [5.74, 6) is -0.764. The van der Waals surface area contributed by atoms with Crippen molar-refractivity contribution < 1.29 is 28.6 Å². The van der Waals surface area contributed by atoms with Crippen molar-refractivity contribution in [2.24, 2.45) is 5.10 Å². The van der Waals surface area contributed by atoms with Gasteiger partial charge in [0.25, 0.3) is 5.91 Å². The Morgan fingerprint density at radius 1 is 1.02 bits per heavy atom. The molecule has 0 aliphatic carbocycles. The Morgan fingerprint density at radius 2 is 1.78 bits per heavy atom. The van der Waals surface area contributed by atoms with Crippen LogP contribution in [0.15, 0.2) is 59.7 Å². The molecule has 0 heterocycles. The smallest absolute Gasteiger partial charge is 0.329 e. The van der Waals surface area contributed by atoms with Crippen LogP contribution in [-0.4, -0.2) is 44.3 Å². The van der Waals surface area contributed by atoms with Crippen LogP contribution in [0.2, 0.25) is 5.02 Å². The summed E-state index contributed by atoms with van der Waals surface area (Å²) in [5.41, 5.74) is 4.56. The number of anilines is 2. The lowest BCUT2D eigenvalue weighted by molar-refractivity contribution is -0.136. The van der Waals surface area contributed by atoms with E-state index in [9.17, 15) is 14.4 Å². The van der Waals surface area contributed by atoms with Crippen LogP contribution in [0.3, 0.4) is 0 Å². The normalized spacial score (nSPS) is 10.7. The number of nitrogens with one attached hydrogen (secondary N) is 3. The molecule has 41 heavy (non-hydrogen) atoms. The lowest BCUT2D eigenvalue weighted by atomic mass is 10.2. The Kier molecular flexibility index (Phi) is 12.2. The van der Waals surface area contributed by atoms with Crippen molar-refractivity contribution in [3.05, 3.63) is 74.3 Å². The van der Waals surface area contributed by atoms with E-state index in [1.54, 1.807) is 54.6 Å². The van der Waals surface area contributed by atoms with Crippen LogP contribution in [0.4, 0.5) is 11.4 Å². The first-order valence-electron chi connectivity index (χ1n) is 12.6. The molecule has 3 aromatic rings. The van der Waals surface area contributed by atoms with Gasteiger partial charge in [-0.05, 0) is 95.6 Å². The lowest BCUT2D eigenvalue weighted by Crippen LogP contribution is -2.32. The molecule has 3 rings (SSSR count). The van der Waals surface area contributed by atoms with Gasteiger partial charge in [-0.25, -0.2) is 5.43 Å². The summed E-state index contributed by atoms with van der Waals surface area (Å²) in [5, 5.41) is 9.69. The van der Waals surface area contributed by atoms with Crippen molar-refractivity contribution in [3.8, 4) is 17.2 Å². The third kappa shape index (κ3) is 9.64. The van der Waals surface area contributed by atoms with Crippen LogP contribution >= 0.6 is 34.2 Å². The van der Waals surface area contributed by atoms with Gasteiger partial charge in [-0.2, -0.15) is 5.10 Å². The van der Waals surface area contributed by atoms with Crippen LogP contribution < -0.4 is 30.3 Å². The van der Waals surface area contributed by atoms with Gasteiger partial charge in [0.15, 0.2) is 18.1 Å². The molecule has 0 saturated carbocycles. The molecule has 3 aromatic carbocycles. The summed E-state index contributed by atoms with van der Waals surface area (Å²) in [4.78, 5) is 36.9. The number of nitrogens with zero attached hydrogens (tertiary/aromatic N) is 1. The molecule has 0 aliphatic heterocycles. The van der Waals surface area contributed by atoms with Gasteiger partial charge in [-0.15, -0.1) is 0 Å². The average molecular weight is 693 g/mol. The molecule has 0 bridgehead atoms. The number of amides is 3. The number of halogens is 2. The quantitative estimate of drug-likeness (QED) is 0.0752. The van der Waals surface area contributed by atoms with Gasteiger partial charge in [-0.1, -0.05) is 31.0 Å². The molecule has 0 aromatic heterocycles. The Labute approximate surface area is 256 Å². The third-order valence-corrected chi connectivity index (χ3v) is 6.82. The predicted molar refractivity (Wildman–Crippen MR) is 167 cm³/mol. The Hall–Kier alpha value is -3.84. The number of benzene rings is 3. The summed E-state index contributed by atoms with van der Waals surface area (Å²) in [6.45, 7) is 4.25. The zero-order chi connectivity index (χ0) is 29.8. The standard InChI is InChI=1S/C29H30ClIN4O6/c1-4-5-13-40-21-11-9-20(10-12-21)33-28(37)29(38)35-32-16-19-14-23(31)27(25(15-19)39-3)41-17-26(36)34-24-8-6-7-22(30)18(24)2/h6-12,14-16H,4-5,13,17H2,1-3H3,(H,33,37)(H,34,36)(H,35,38)/b32-16-. The Balaban J connectivity index is 1.54. The summed E-state index contributed by atoms with van der Waals surface area (Å²) in [7, 11) is 1.46. The van der Waals surface area contributed by atoms with Gasteiger partial charge in [0, 0.05) is 16.4 Å². The lowest BCUT2D eigenvalue weighted by Gasteiger charge is -2.14. The number of unbranched alkanes of at least 4 members (excludes halogenated alkanes) is 1. The summed E-state index contributed by atoms with van der Waals surface area (Å²) < 4.78 is 17.4. The van der Waals surface area contributed by atoms with Crippen LogP contribution in [-0.2, 0) is 14.4 Å². The fraction of sp³-hybridized carbons (Fsp3) is 0.241. The van der Waals surface area contributed by atoms with Crippen molar-refractivity contribution in [1.82, 2.24) is 5.43 Å². The molecule has 216 valence electrons. The molecule has 0 unspecified atom stereocenters. The Morgan fingerprint density at radius 3 is 2.49 bits per heavy atom. The zero-order valence-corrected chi connectivity index (χ0v) is 25.7. The number of hydrazone groups is 1. The molecular weight excluding hydrogens is 663 g/mol. The van der Waals surface area contributed by atoms with Crippen LogP contribution in [0, 0.1) is 10.5 Å². The van der Waals surface area contributed by atoms with Crippen molar-refractivity contribution >= 4 is 69.5 Å². The molecule has 12 heteroatoms. The largest absolute Gasteiger partial charge is 0.494 e. The molecular formula is C29H30ClIN4O6. The summed E-state index contributed by atoms with van der Waals surface area (Å²) in [6, 6.07) is 15.3. The van der Waals surface area contributed by atoms with E-state index in [4.69, 9.17) is 25.8 Å². The fourth-order valence-electron chi connectivity index (χ4n) is 3.39. The number of hydrogen-bond donors (Lipinski definition) is 3. The van der Waals surface area contributed by atoms with Crippen LogP contribution in [0.1, 0.15) is 30.9 Å². The van der Waals surface area contributed by atoms with Crippen molar-refractivity contribution in [1.29, 1.82) is 0 Å². The number of methoxy groups -OCH3 is 1. The van der Waals surface area contributed by atoms with Crippen molar-refractivity contribution in [3.63, 3.8) is 0 Å². The molecule has 0 spiro atoms. The monoisotopic (exact) mass is 692 g/mol. The molecule has 3 amide bonds. The highest BCUT2D eigenvalue weighted by Crippen LogP contribution is 2.33. The minimum absolute atomic E-state index is 0.258. The zero-order valence-electron chi connectivity index (χ0n) is 22.8. The molecule has 0 fully saturated rings. The van der Waals surface area contributed by atoms with Crippen LogP contribution in [0.5, 0.6) is 17.2 Å². The number of hydrogen-bond acceptors (Lipinski definition) is 7.